The van der Waals surface area contributed by atoms with Crippen LogP contribution in [0, 0.1) is 6.92 Å². The molecule has 4 heteroatoms. The number of carboxylic acids is 1. The summed E-state index contributed by atoms with van der Waals surface area (Å²) in [6, 6.07) is 3.40. The zero-order valence-corrected chi connectivity index (χ0v) is 10.0. The number of aromatic hydroxyl groups is 1. The molecule has 0 amide bonds. The SMILES string of the molecule is Cc1c(Br)ccc(O)c1CCCC(=O)O. The lowest BCUT2D eigenvalue weighted by Gasteiger charge is -2.09. The zero-order valence-electron chi connectivity index (χ0n) is 8.46. The molecule has 82 valence electrons. The molecule has 2 N–H and O–H groups in total. The van der Waals surface area contributed by atoms with E-state index in [1.54, 1.807) is 12.1 Å². The van der Waals surface area contributed by atoms with Gasteiger partial charge in [0.1, 0.15) is 5.75 Å². The predicted octanol–water partition coefficient (Wildman–Crippen LogP) is 2.87. The van der Waals surface area contributed by atoms with Gasteiger partial charge in [0.2, 0.25) is 0 Å². The molecule has 1 aromatic carbocycles. The van der Waals surface area contributed by atoms with E-state index in [2.05, 4.69) is 15.9 Å². The summed E-state index contributed by atoms with van der Waals surface area (Å²) in [6.45, 7) is 1.90. The van der Waals surface area contributed by atoms with Crippen LogP contribution in [0.3, 0.4) is 0 Å². The van der Waals surface area contributed by atoms with Crippen LogP contribution in [-0.4, -0.2) is 16.2 Å². The van der Waals surface area contributed by atoms with E-state index >= 15 is 0 Å². The van der Waals surface area contributed by atoms with E-state index in [9.17, 15) is 9.90 Å². The van der Waals surface area contributed by atoms with Crippen LogP contribution in [0.25, 0.3) is 0 Å². The highest BCUT2D eigenvalue weighted by molar-refractivity contribution is 9.10. The van der Waals surface area contributed by atoms with E-state index < -0.39 is 5.97 Å². The van der Waals surface area contributed by atoms with Crippen molar-refractivity contribution in [3.05, 3.63) is 27.7 Å². The molecule has 0 unspecified atom stereocenters. The molecule has 1 rings (SSSR count). The van der Waals surface area contributed by atoms with Gasteiger partial charge in [-0.1, -0.05) is 15.9 Å². The molecule has 0 aromatic heterocycles. The van der Waals surface area contributed by atoms with Gasteiger partial charge in [0.25, 0.3) is 0 Å². The lowest BCUT2D eigenvalue weighted by Crippen LogP contribution is -1.98. The fourth-order valence-corrected chi connectivity index (χ4v) is 1.82. The number of carbonyl (C=O) groups is 1. The first-order valence-corrected chi connectivity index (χ1v) is 5.50. The zero-order chi connectivity index (χ0) is 11.4. The summed E-state index contributed by atoms with van der Waals surface area (Å²) in [4.78, 5) is 10.4. The number of hydrogen-bond donors (Lipinski definition) is 2. The third-order valence-electron chi connectivity index (χ3n) is 2.33. The highest BCUT2D eigenvalue weighted by Crippen LogP contribution is 2.28. The summed E-state index contributed by atoms with van der Waals surface area (Å²) in [5.74, 6) is -0.566. The molecule has 0 fully saturated rings. The van der Waals surface area contributed by atoms with Crippen LogP contribution in [0.15, 0.2) is 16.6 Å². The minimum Gasteiger partial charge on any atom is -0.508 e. The molecule has 0 heterocycles. The Hall–Kier alpha value is -1.03. The van der Waals surface area contributed by atoms with Crippen LogP contribution >= 0.6 is 15.9 Å². The normalized spacial score (nSPS) is 10.3. The Morgan fingerprint density at radius 2 is 2.13 bits per heavy atom. The average Bonchev–Trinajstić information content (AvgIpc) is 2.17. The van der Waals surface area contributed by atoms with Crippen LogP contribution in [0.1, 0.15) is 24.0 Å². The van der Waals surface area contributed by atoms with Crippen LogP contribution in [0.4, 0.5) is 0 Å². The second-order valence-electron chi connectivity index (χ2n) is 3.42. The second-order valence-corrected chi connectivity index (χ2v) is 4.27. The van der Waals surface area contributed by atoms with Crippen molar-refractivity contribution in [3.8, 4) is 5.75 Å². The molecule has 0 aliphatic rings. The molecule has 0 spiro atoms. The molecule has 0 atom stereocenters. The van der Waals surface area contributed by atoms with Crippen molar-refractivity contribution < 1.29 is 15.0 Å². The Morgan fingerprint density at radius 3 is 2.73 bits per heavy atom. The molecule has 0 aliphatic carbocycles. The highest BCUT2D eigenvalue weighted by Gasteiger charge is 2.08. The maximum atomic E-state index is 10.4. The maximum Gasteiger partial charge on any atom is 0.303 e. The first-order valence-electron chi connectivity index (χ1n) is 4.71. The minimum atomic E-state index is -0.804. The van der Waals surface area contributed by atoms with Crippen molar-refractivity contribution in [1.82, 2.24) is 0 Å². The second kappa shape index (κ2) is 5.16. The van der Waals surface area contributed by atoms with Gasteiger partial charge in [0, 0.05) is 10.9 Å². The number of aliphatic carboxylic acids is 1. The number of rotatable bonds is 4. The molecule has 0 saturated heterocycles. The smallest absolute Gasteiger partial charge is 0.303 e. The summed E-state index contributed by atoms with van der Waals surface area (Å²) in [7, 11) is 0. The molecular formula is C11H13BrO3. The van der Waals surface area contributed by atoms with Crippen molar-refractivity contribution in [2.45, 2.75) is 26.2 Å². The summed E-state index contributed by atoms with van der Waals surface area (Å²) in [6.07, 6.45) is 1.26. The van der Waals surface area contributed by atoms with E-state index in [1.165, 1.54) is 0 Å². The Morgan fingerprint density at radius 1 is 1.47 bits per heavy atom. The number of hydrogen-bond acceptors (Lipinski definition) is 2. The average molecular weight is 273 g/mol. The first-order chi connectivity index (χ1) is 7.02. The van der Waals surface area contributed by atoms with Crippen LogP contribution in [-0.2, 0) is 11.2 Å². The van der Waals surface area contributed by atoms with Crippen LogP contribution < -0.4 is 0 Å². The number of phenolic OH excluding ortho intramolecular Hbond substituents is 1. The molecule has 0 bridgehead atoms. The van der Waals surface area contributed by atoms with Gasteiger partial charge in [-0.05, 0) is 43.0 Å². The Labute approximate surface area is 96.9 Å². The summed E-state index contributed by atoms with van der Waals surface area (Å²) >= 11 is 3.37. The number of phenols is 1. The van der Waals surface area contributed by atoms with Crippen molar-refractivity contribution >= 4 is 21.9 Å². The molecule has 1 aromatic rings. The number of halogens is 1. The third kappa shape index (κ3) is 3.23. The highest BCUT2D eigenvalue weighted by atomic mass is 79.9. The van der Waals surface area contributed by atoms with Crippen LogP contribution in [0.5, 0.6) is 5.75 Å². The molecule has 0 saturated carbocycles. The standard InChI is InChI=1S/C11H13BrO3/c1-7-8(3-2-4-11(14)15)10(13)6-5-9(7)12/h5-6,13H,2-4H2,1H3,(H,14,15). The molecule has 15 heavy (non-hydrogen) atoms. The summed E-state index contributed by atoms with van der Waals surface area (Å²) in [5.41, 5.74) is 1.80. The molecule has 0 radical (unpaired) electrons. The molecular weight excluding hydrogens is 260 g/mol. The maximum absolute atomic E-state index is 10.4. The van der Waals surface area contributed by atoms with Gasteiger partial charge in [-0.15, -0.1) is 0 Å². The van der Waals surface area contributed by atoms with Gasteiger partial charge in [-0.2, -0.15) is 0 Å². The lowest BCUT2D eigenvalue weighted by molar-refractivity contribution is -0.137. The van der Waals surface area contributed by atoms with Crippen molar-refractivity contribution in [2.75, 3.05) is 0 Å². The van der Waals surface area contributed by atoms with Crippen LogP contribution in [0.2, 0.25) is 0 Å². The third-order valence-corrected chi connectivity index (χ3v) is 3.18. The Kier molecular flexibility index (Phi) is 4.15. The molecule has 3 nitrogen and oxygen atoms in total. The van der Waals surface area contributed by atoms with E-state index in [-0.39, 0.29) is 12.2 Å². The van der Waals surface area contributed by atoms with E-state index in [4.69, 9.17) is 5.11 Å². The monoisotopic (exact) mass is 272 g/mol. The number of carboxylic acid groups (broad SMARTS) is 1. The minimum absolute atomic E-state index is 0.130. The fraction of sp³-hybridized carbons (Fsp3) is 0.364. The topological polar surface area (TPSA) is 57.5 Å². The predicted molar refractivity (Wildman–Crippen MR) is 61.1 cm³/mol. The lowest BCUT2D eigenvalue weighted by atomic mass is 10.0. The quantitative estimate of drug-likeness (QED) is 0.886. The first kappa shape index (κ1) is 12.0. The van der Waals surface area contributed by atoms with E-state index in [0.717, 1.165) is 15.6 Å². The van der Waals surface area contributed by atoms with Crippen molar-refractivity contribution in [2.24, 2.45) is 0 Å². The van der Waals surface area contributed by atoms with Gasteiger partial charge in [-0.25, -0.2) is 0 Å². The number of benzene rings is 1. The van der Waals surface area contributed by atoms with E-state index in [0.29, 0.717) is 12.8 Å². The van der Waals surface area contributed by atoms with Gasteiger partial charge in [-0.3, -0.25) is 4.79 Å². The van der Waals surface area contributed by atoms with Gasteiger partial charge >= 0.3 is 5.97 Å². The van der Waals surface area contributed by atoms with Gasteiger partial charge < -0.3 is 10.2 Å². The van der Waals surface area contributed by atoms with Gasteiger partial charge in [0.15, 0.2) is 0 Å². The molecule has 0 aliphatic heterocycles. The van der Waals surface area contributed by atoms with Gasteiger partial charge in [0.05, 0.1) is 0 Å². The van der Waals surface area contributed by atoms with E-state index in [1.807, 2.05) is 6.92 Å². The summed E-state index contributed by atoms with van der Waals surface area (Å²) in [5, 5.41) is 18.1. The Balaban J connectivity index is 2.75. The Bertz CT molecular complexity index is 374. The summed E-state index contributed by atoms with van der Waals surface area (Å²) < 4.78 is 0.936. The largest absolute Gasteiger partial charge is 0.508 e. The van der Waals surface area contributed by atoms with Crippen molar-refractivity contribution in [3.63, 3.8) is 0 Å². The van der Waals surface area contributed by atoms with Crippen molar-refractivity contribution in [1.29, 1.82) is 0 Å². The fourth-order valence-electron chi connectivity index (χ4n) is 1.45.